The van der Waals surface area contributed by atoms with Gasteiger partial charge in [0.25, 0.3) is 0 Å². The summed E-state index contributed by atoms with van der Waals surface area (Å²) < 4.78 is 28.5. The highest BCUT2D eigenvalue weighted by Crippen LogP contribution is 2.24. The molecular weight excluding hydrogens is 386 g/mol. The summed E-state index contributed by atoms with van der Waals surface area (Å²) in [6, 6.07) is 3.15. The van der Waals surface area contributed by atoms with Gasteiger partial charge >= 0.3 is 0 Å². The normalized spacial score (nSPS) is 13.4. The molecule has 0 saturated carbocycles. The molecule has 0 aliphatic rings. The number of nitrogens with zero attached hydrogens (tertiary/aromatic N) is 4. The lowest BCUT2D eigenvalue weighted by Gasteiger charge is -2.18. The van der Waals surface area contributed by atoms with Gasteiger partial charge in [-0.25, -0.2) is 8.42 Å². The lowest BCUT2D eigenvalue weighted by atomic mass is 10.2. The number of carbonyl (C=O) groups is 1. The van der Waals surface area contributed by atoms with Gasteiger partial charge in [0.05, 0.1) is 10.1 Å². The van der Waals surface area contributed by atoms with E-state index in [4.69, 9.17) is 0 Å². The molecule has 1 N–H and O–H groups in total. The Morgan fingerprint density at radius 3 is 2.48 bits per heavy atom. The van der Waals surface area contributed by atoms with E-state index < -0.39 is 10.0 Å². The van der Waals surface area contributed by atoms with E-state index in [-0.39, 0.29) is 16.1 Å². The minimum Gasteiger partial charge on any atom is -0.355 e. The molecule has 150 valence electrons. The summed E-state index contributed by atoms with van der Waals surface area (Å²) in [4.78, 5) is 12.4. The second kappa shape index (κ2) is 9.03. The Kier molecular flexibility index (Phi) is 7.24. The van der Waals surface area contributed by atoms with Gasteiger partial charge in [0, 0.05) is 25.8 Å². The van der Waals surface area contributed by atoms with E-state index in [1.54, 1.807) is 31.2 Å². The second-order valence-electron chi connectivity index (χ2n) is 6.56. The number of amides is 1. The topological polar surface area (TPSA) is 96.7 Å². The Morgan fingerprint density at radius 1 is 1.22 bits per heavy atom. The molecule has 2 aromatic heterocycles. The van der Waals surface area contributed by atoms with Gasteiger partial charge in [0.15, 0.2) is 10.8 Å². The Hall–Kier alpha value is -1.65. The molecule has 2 heterocycles. The largest absolute Gasteiger partial charge is 0.355 e. The van der Waals surface area contributed by atoms with Crippen molar-refractivity contribution in [2.75, 3.05) is 19.6 Å². The van der Waals surface area contributed by atoms with Crippen molar-refractivity contribution in [3.05, 3.63) is 18.3 Å². The van der Waals surface area contributed by atoms with Crippen molar-refractivity contribution < 1.29 is 13.2 Å². The van der Waals surface area contributed by atoms with Gasteiger partial charge in [-0.15, -0.1) is 10.2 Å². The van der Waals surface area contributed by atoms with Crippen LogP contribution in [-0.4, -0.2) is 58.1 Å². The van der Waals surface area contributed by atoms with Crippen LogP contribution in [0.4, 0.5) is 0 Å². The van der Waals surface area contributed by atoms with Crippen LogP contribution >= 0.6 is 11.8 Å². The first-order valence-electron chi connectivity index (χ1n) is 9.00. The van der Waals surface area contributed by atoms with Crippen LogP contribution in [0.1, 0.15) is 34.6 Å². The van der Waals surface area contributed by atoms with Gasteiger partial charge in [0.2, 0.25) is 15.9 Å². The van der Waals surface area contributed by atoms with Crippen LogP contribution < -0.4 is 5.32 Å². The fourth-order valence-electron chi connectivity index (χ4n) is 2.46. The van der Waals surface area contributed by atoms with Crippen LogP contribution in [-0.2, 0) is 14.8 Å². The predicted octanol–water partition coefficient (Wildman–Crippen LogP) is 2.01. The van der Waals surface area contributed by atoms with Crippen molar-refractivity contribution in [2.45, 2.75) is 49.9 Å². The highest BCUT2D eigenvalue weighted by atomic mass is 32.2. The summed E-state index contributed by atoms with van der Waals surface area (Å²) in [5.74, 6) is 0.283. The number of fused-ring (bicyclic) bond motifs is 1. The van der Waals surface area contributed by atoms with Crippen molar-refractivity contribution in [1.82, 2.24) is 24.2 Å². The summed E-state index contributed by atoms with van der Waals surface area (Å²) in [6.45, 7) is 10.9. The zero-order valence-corrected chi connectivity index (χ0v) is 18.0. The maximum atomic E-state index is 12.8. The number of sulfonamides is 1. The molecule has 8 nitrogen and oxygen atoms in total. The fraction of sp³-hybridized carbons (Fsp3) is 0.588. The number of pyridine rings is 1. The van der Waals surface area contributed by atoms with Crippen LogP contribution in [0.15, 0.2) is 28.4 Å². The van der Waals surface area contributed by atoms with E-state index >= 15 is 0 Å². The molecule has 2 aromatic rings. The lowest BCUT2D eigenvalue weighted by molar-refractivity contribution is -0.120. The van der Waals surface area contributed by atoms with Crippen LogP contribution in [0.5, 0.6) is 0 Å². The third-order valence-corrected chi connectivity index (χ3v) is 7.11. The van der Waals surface area contributed by atoms with E-state index in [1.165, 1.54) is 28.3 Å². The first-order valence-corrected chi connectivity index (χ1v) is 11.3. The van der Waals surface area contributed by atoms with E-state index in [2.05, 4.69) is 15.5 Å². The van der Waals surface area contributed by atoms with Gasteiger partial charge in [0.1, 0.15) is 0 Å². The highest BCUT2D eigenvalue weighted by Gasteiger charge is 2.24. The van der Waals surface area contributed by atoms with Crippen LogP contribution in [0.2, 0.25) is 0 Å². The molecule has 0 spiro atoms. The Balaban J connectivity index is 2.28. The Labute approximate surface area is 164 Å². The third-order valence-electron chi connectivity index (χ3n) is 4.02. The summed E-state index contributed by atoms with van der Waals surface area (Å²) in [5, 5.41) is 11.2. The van der Waals surface area contributed by atoms with E-state index in [9.17, 15) is 13.2 Å². The molecule has 1 atom stereocenters. The van der Waals surface area contributed by atoms with Crippen molar-refractivity contribution >= 4 is 33.3 Å². The van der Waals surface area contributed by atoms with Crippen LogP contribution in [0.3, 0.4) is 0 Å². The van der Waals surface area contributed by atoms with Crippen molar-refractivity contribution in [3.8, 4) is 0 Å². The number of nitrogens with one attached hydrogen (secondary N) is 1. The smallest absolute Gasteiger partial charge is 0.244 e. The van der Waals surface area contributed by atoms with Crippen molar-refractivity contribution in [2.24, 2.45) is 5.92 Å². The SMILES string of the molecule is CCN(CC)S(=O)(=O)c1ccc2nnc(S[C@H](C)C(=O)NCC(C)C)n2c1. The highest BCUT2D eigenvalue weighted by molar-refractivity contribution is 8.00. The summed E-state index contributed by atoms with van der Waals surface area (Å²) >= 11 is 1.25. The summed E-state index contributed by atoms with van der Waals surface area (Å²) in [6.07, 6.45) is 1.52. The summed E-state index contributed by atoms with van der Waals surface area (Å²) in [5.41, 5.74) is 0.533. The number of hydrogen-bond acceptors (Lipinski definition) is 6. The molecule has 0 aromatic carbocycles. The first-order chi connectivity index (χ1) is 12.7. The maximum absolute atomic E-state index is 12.8. The zero-order chi connectivity index (χ0) is 20.2. The van der Waals surface area contributed by atoms with Crippen LogP contribution in [0.25, 0.3) is 5.65 Å². The molecule has 2 rings (SSSR count). The lowest BCUT2D eigenvalue weighted by Crippen LogP contribution is -2.33. The zero-order valence-electron chi connectivity index (χ0n) is 16.3. The third kappa shape index (κ3) is 4.99. The number of hydrogen-bond donors (Lipinski definition) is 1. The minimum absolute atomic E-state index is 0.0858. The molecule has 27 heavy (non-hydrogen) atoms. The average Bonchev–Trinajstić information content (AvgIpc) is 3.02. The van der Waals surface area contributed by atoms with E-state index in [0.29, 0.717) is 36.4 Å². The monoisotopic (exact) mass is 413 g/mol. The second-order valence-corrected chi connectivity index (χ2v) is 9.81. The molecule has 1 amide bonds. The number of aromatic nitrogens is 3. The molecule has 0 saturated heterocycles. The minimum atomic E-state index is -3.58. The maximum Gasteiger partial charge on any atom is 0.244 e. The predicted molar refractivity (Wildman–Crippen MR) is 106 cm³/mol. The van der Waals surface area contributed by atoms with Crippen molar-refractivity contribution in [3.63, 3.8) is 0 Å². The van der Waals surface area contributed by atoms with E-state index in [1.807, 2.05) is 13.8 Å². The molecule has 0 unspecified atom stereocenters. The molecule has 0 radical (unpaired) electrons. The number of rotatable bonds is 9. The van der Waals surface area contributed by atoms with Gasteiger partial charge in [-0.2, -0.15) is 4.31 Å². The van der Waals surface area contributed by atoms with Gasteiger partial charge in [-0.05, 0) is 25.0 Å². The fourth-order valence-corrected chi connectivity index (χ4v) is 4.77. The first kappa shape index (κ1) is 21.6. The average molecular weight is 414 g/mol. The standard InChI is InChI=1S/C17H27N5O3S2/c1-6-21(7-2)27(24,25)14-8-9-15-19-20-17(22(15)11-14)26-13(5)16(23)18-10-12(3)4/h8-9,11-13H,6-7,10H2,1-5H3,(H,18,23)/t13-/m1/s1. The van der Waals surface area contributed by atoms with Gasteiger partial charge < -0.3 is 5.32 Å². The summed E-state index contributed by atoms with van der Waals surface area (Å²) in [7, 11) is -3.58. The molecule has 10 heteroatoms. The Morgan fingerprint density at radius 2 is 1.89 bits per heavy atom. The molecule has 0 aliphatic carbocycles. The quantitative estimate of drug-likeness (QED) is 0.632. The number of carbonyl (C=O) groups excluding carboxylic acids is 1. The molecule has 0 bridgehead atoms. The molecule has 0 fully saturated rings. The van der Waals surface area contributed by atoms with Gasteiger partial charge in [-0.1, -0.05) is 39.5 Å². The van der Waals surface area contributed by atoms with Crippen LogP contribution in [0, 0.1) is 5.92 Å². The molecule has 0 aliphatic heterocycles. The number of thioether (sulfide) groups is 1. The van der Waals surface area contributed by atoms with Crippen molar-refractivity contribution in [1.29, 1.82) is 0 Å². The Bertz CT molecular complexity index is 891. The van der Waals surface area contributed by atoms with E-state index in [0.717, 1.165) is 0 Å². The molecular formula is C17H27N5O3S2. The van der Waals surface area contributed by atoms with Gasteiger partial charge in [-0.3, -0.25) is 9.20 Å².